The molecule has 1 saturated heterocycles. The highest BCUT2D eigenvalue weighted by molar-refractivity contribution is 5.93. The Morgan fingerprint density at radius 1 is 1.20 bits per heavy atom. The Morgan fingerprint density at radius 3 is 2.34 bits per heavy atom. The summed E-state index contributed by atoms with van der Waals surface area (Å²) in [7, 11) is 1.52. The Labute approximate surface area is 210 Å². The van der Waals surface area contributed by atoms with E-state index in [0.717, 1.165) is 18.4 Å². The minimum absolute atomic E-state index is 0.00336. The van der Waals surface area contributed by atoms with Gasteiger partial charge in [0.2, 0.25) is 17.7 Å². The molecular formula is C27H45N3O5. The van der Waals surface area contributed by atoms with E-state index in [-0.39, 0.29) is 42.0 Å². The molecular weight excluding hydrogens is 446 g/mol. The van der Waals surface area contributed by atoms with Crippen LogP contribution in [-0.2, 0) is 23.9 Å². The lowest BCUT2D eigenvalue weighted by molar-refractivity contribution is -0.149. The first-order valence-electron chi connectivity index (χ1n) is 12.4. The number of amides is 3. The molecule has 8 nitrogen and oxygen atoms in total. The van der Waals surface area contributed by atoms with Crippen LogP contribution in [0.25, 0.3) is 0 Å². The van der Waals surface area contributed by atoms with Gasteiger partial charge in [0.25, 0.3) is 0 Å². The summed E-state index contributed by atoms with van der Waals surface area (Å²) in [6, 6.07) is -1.62. The first kappa shape index (κ1) is 30.4. The molecule has 1 fully saturated rings. The number of carbonyl (C=O) groups excluding carboxylic acids is 4. The molecule has 0 bridgehead atoms. The second kappa shape index (κ2) is 12.9. The predicted molar refractivity (Wildman–Crippen MR) is 137 cm³/mol. The molecule has 0 spiro atoms. The number of likely N-dealkylation sites (N-methyl/N-ethyl adjacent to an activating group) is 1. The fourth-order valence-electron chi connectivity index (χ4n) is 4.19. The SMILES string of the molecule is C=C1CC(=O)N[C@@H](C)C(=O)N(C)C(C(C)C)C(=O)NCC(=O)OC(/C(C)=C/CCC(C)(C)C)[C@@H]1C. The van der Waals surface area contributed by atoms with Gasteiger partial charge in [-0.15, -0.1) is 0 Å². The van der Waals surface area contributed by atoms with Crippen LogP contribution < -0.4 is 10.6 Å². The van der Waals surface area contributed by atoms with E-state index in [4.69, 9.17) is 4.74 Å². The minimum Gasteiger partial charge on any atom is -0.456 e. The van der Waals surface area contributed by atoms with Crippen LogP contribution >= 0.6 is 0 Å². The van der Waals surface area contributed by atoms with E-state index >= 15 is 0 Å². The predicted octanol–water partition coefficient (Wildman–Crippen LogP) is 3.37. The van der Waals surface area contributed by atoms with E-state index in [1.165, 1.54) is 11.9 Å². The third-order valence-corrected chi connectivity index (χ3v) is 6.37. The summed E-state index contributed by atoms with van der Waals surface area (Å²) >= 11 is 0. The molecule has 1 heterocycles. The van der Waals surface area contributed by atoms with Gasteiger partial charge in [-0.05, 0) is 43.6 Å². The molecule has 198 valence electrons. The van der Waals surface area contributed by atoms with E-state index in [0.29, 0.717) is 5.57 Å². The second-order valence-electron chi connectivity index (χ2n) is 11.2. The van der Waals surface area contributed by atoms with Crippen LogP contribution in [0, 0.1) is 17.3 Å². The van der Waals surface area contributed by atoms with E-state index in [2.05, 4.69) is 44.1 Å². The number of allylic oxidation sites excluding steroid dienone is 1. The maximum Gasteiger partial charge on any atom is 0.326 e. The van der Waals surface area contributed by atoms with Crippen molar-refractivity contribution in [1.82, 2.24) is 15.5 Å². The molecule has 2 unspecified atom stereocenters. The van der Waals surface area contributed by atoms with Crippen molar-refractivity contribution in [3.8, 4) is 0 Å². The van der Waals surface area contributed by atoms with Crippen LogP contribution in [0.5, 0.6) is 0 Å². The molecule has 8 heteroatoms. The highest BCUT2D eigenvalue weighted by atomic mass is 16.5. The van der Waals surface area contributed by atoms with E-state index < -0.39 is 30.1 Å². The lowest BCUT2D eigenvalue weighted by atomic mass is 9.87. The highest BCUT2D eigenvalue weighted by Gasteiger charge is 2.34. The van der Waals surface area contributed by atoms with Crippen molar-refractivity contribution in [2.24, 2.45) is 17.3 Å². The molecule has 2 N–H and O–H groups in total. The minimum atomic E-state index is -0.817. The molecule has 0 saturated carbocycles. The van der Waals surface area contributed by atoms with Gasteiger partial charge in [-0.25, -0.2) is 0 Å². The summed E-state index contributed by atoms with van der Waals surface area (Å²) in [6.45, 7) is 19.2. The zero-order chi connectivity index (χ0) is 27.1. The standard InChI is InChI=1S/C27H45N3O5/c1-16(2)23-25(33)28-15-22(32)35-24(17(3)12-11-13-27(7,8)9)19(5)18(4)14-21(31)29-20(6)26(34)30(23)10/h12,16,19-20,23-24H,4,11,13-15H2,1-3,5-10H3,(H,28,33)(H,29,31)/b17-12+/t19-,20+,23?,24?/m1/s1. The first-order valence-corrected chi connectivity index (χ1v) is 12.4. The van der Waals surface area contributed by atoms with Crippen LogP contribution in [-0.4, -0.2) is 60.4 Å². The van der Waals surface area contributed by atoms with Crippen LogP contribution in [0.3, 0.4) is 0 Å². The Hall–Kier alpha value is -2.64. The molecule has 1 aliphatic rings. The summed E-state index contributed by atoms with van der Waals surface area (Å²) in [5, 5.41) is 5.33. The normalized spacial score (nSPS) is 26.6. The third-order valence-electron chi connectivity index (χ3n) is 6.37. The number of esters is 1. The van der Waals surface area contributed by atoms with Crippen LogP contribution in [0.2, 0.25) is 0 Å². The van der Waals surface area contributed by atoms with Gasteiger partial charge < -0.3 is 20.3 Å². The molecule has 4 atom stereocenters. The van der Waals surface area contributed by atoms with E-state index in [1.807, 2.05) is 27.7 Å². The maximum absolute atomic E-state index is 12.9. The van der Waals surface area contributed by atoms with Crippen molar-refractivity contribution in [3.05, 3.63) is 23.8 Å². The van der Waals surface area contributed by atoms with Crippen molar-refractivity contribution in [1.29, 1.82) is 0 Å². The van der Waals surface area contributed by atoms with Gasteiger partial charge in [0.1, 0.15) is 24.7 Å². The third kappa shape index (κ3) is 9.49. The number of carbonyl (C=O) groups is 4. The van der Waals surface area contributed by atoms with Gasteiger partial charge >= 0.3 is 5.97 Å². The molecule has 1 aliphatic heterocycles. The van der Waals surface area contributed by atoms with Gasteiger partial charge in [-0.3, -0.25) is 19.2 Å². The number of hydrogen-bond acceptors (Lipinski definition) is 5. The molecule has 35 heavy (non-hydrogen) atoms. The fraction of sp³-hybridized carbons (Fsp3) is 0.704. The van der Waals surface area contributed by atoms with Crippen LogP contribution in [0.15, 0.2) is 23.8 Å². The molecule has 0 aliphatic carbocycles. The lowest BCUT2D eigenvalue weighted by Crippen LogP contribution is -2.55. The molecule has 0 aromatic carbocycles. The largest absolute Gasteiger partial charge is 0.456 e. The molecule has 0 radical (unpaired) electrons. The van der Waals surface area contributed by atoms with Crippen LogP contribution in [0.1, 0.15) is 74.7 Å². The smallest absolute Gasteiger partial charge is 0.326 e. The number of nitrogens with one attached hydrogen (secondary N) is 2. The van der Waals surface area contributed by atoms with Crippen molar-refractivity contribution < 1.29 is 23.9 Å². The van der Waals surface area contributed by atoms with Crippen molar-refractivity contribution in [2.45, 2.75) is 92.8 Å². The number of nitrogens with zero attached hydrogens (tertiary/aromatic N) is 1. The number of ether oxygens (including phenoxy) is 1. The summed E-state index contributed by atoms with van der Waals surface area (Å²) in [4.78, 5) is 52.6. The average Bonchev–Trinajstić information content (AvgIpc) is 2.72. The number of cyclic esters (lactones) is 1. The summed E-state index contributed by atoms with van der Waals surface area (Å²) < 4.78 is 5.81. The van der Waals surface area contributed by atoms with E-state index in [9.17, 15) is 19.2 Å². The summed E-state index contributed by atoms with van der Waals surface area (Å²) in [5.41, 5.74) is 1.63. The van der Waals surface area contributed by atoms with Gasteiger partial charge in [-0.1, -0.05) is 59.8 Å². The lowest BCUT2D eigenvalue weighted by Gasteiger charge is -2.32. The number of hydrogen-bond donors (Lipinski definition) is 2. The van der Waals surface area contributed by atoms with E-state index in [1.54, 1.807) is 6.92 Å². The van der Waals surface area contributed by atoms with Crippen molar-refractivity contribution >= 4 is 23.7 Å². The monoisotopic (exact) mass is 491 g/mol. The number of rotatable bonds is 4. The Bertz CT molecular complexity index is 840. The topological polar surface area (TPSA) is 105 Å². The Balaban J connectivity index is 3.28. The Morgan fingerprint density at radius 2 is 1.80 bits per heavy atom. The summed E-state index contributed by atoms with van der Waals surface area (Å²) in [6.07, 6.45) is 3.23. The fourth-order valence-corrected chi connectivity index (χ4v) is 4.19. The highest BCUT2D eigenvalue weighted by Crippen LogP contribution is 2.27. The zero-order valence-electron chi connectivity index (χ0n) is 23.0. The molecule has 1 rings (SSSR count). The van der Waals surface area contributed by atoms with Gasteiger partial charge in [0.15, 0.2) is 0 Å². The zero-order valence-corrected chi connectivity index (χ0v) is 23.0. The van der Waals surface area contributed by atoms with Crippen LogP contribution in [0.4, 0.5) is 0 Å². The molecule has 0 aromatic rings. The molecule has 0 aromatic heterocycles. The van der Waals surface area contributed by atoms with Gasteiger partial charge in [-0.2, -0.15) is 0 Å². The van der Waals surface area contributed by atoms with Crippen molar-refractivity contribution in [3.63, 3.8) is 0 Å². The summed E-state index contributed by atoms with van der Waals surface area (Å²) in [5.74, 6) is -2.33. The van der Waals surface area contributed by atoms with Gasteiger partial charge in [0.05, 0.1) is 0 Å². The van der Waals surface area contributed by atoms with Crippen molar-refractivity contribution in [2.75, 3.05) is 13.6 Å². The second-order valence-corrected chi connectivity index (χ2v) is 11.2. The van der Waals surface area contributed by atoms with Gasteiger partial charge in [0, 0.05) is 19.4 Å². The Kier molecular flexibility index (Phi) is 11.2. The maximum atomic E-state index is 12.9. The first-order chi connectivity index (χ1) is 16.0. The quantitative estimate of drug-likeness (QED) is 0.463. The molecule has 3 amide bonds. The average molecular weight is 492 g/mol.